The van der Waals surface area contributed by atoms with Crippen LogP contribution in [0.15, 0.2) is 0 Å². The van der Waals surface area contributed by atoms with Gasteiger partial charge in [-0.05, 0) is 53.0 Å². The van der Waals surface area contributed by atoms with E-state index in [0.717, 1.165) is 39.1 Å². The van der Waals surface area contributed by atoms with Gasteiger partial charge < -0.3 is 15.8 Å². The molecule has 0 aromatic carbocycles. The smallest absolute Gasteiger partial charge is 0.237 e. The van der Waals surface area contributed by atoms with E-state index in [1.807, 2.05) is 6.92 Å². The van der Waals surface area contributed by atoms with Crippen LogP contribution in [0.2, 0.25) is 0 Å². The van der Waals surface area contributed by atoms with Crippen molar-refractivity contribution in [2.45, 2.75) is 63.6 Å². The zero-order valence-corrected chi connectivity index (χ0v) is 13.1. The number of nitrogens with zero attached hydrogens (tertiary/aromatic N) is 1. The van der Waals surface area contributed by atoms with Crippen molar-refractivity contribution in [1.82, 2.24) is 10.2 Å². The van der Waals surface area contributed by atoms with E-state index in [0.29, 0.717) is 6.04 Å². The molecule has 0 aromatic rings. The molecule has 5 nitrogen and oxygen atoms in total. The van der Waals surface area contributed by atoms with Crippen molar-refractivity contribution in [3.05, 3.63) is 0 Å². The fourth-order valence-corrected chi connectivity index (χ4v) is 2.87. The second kappa shape index (κ2) is 6.00. The van der Waals surface area contributed by atoms with Crippen LogP contribution in [0.3, 0.4) is 0 Å². The zero-order valence-electron chi connectivity index (χ0n) is 13.1. The molecule has 1 unspecified atom stereocenters. The number of ether oxygens (including phenoxy) is 1. The van der Waals surface area contributed by atoms with Gasteiger partial charge in [-0.1, -0.05) is 0 Å². The number of hydrogen-bond donors (Lipinski definition) is 2. The second-order valence-corrected chi connectivity index (χ2v) is 7.07. The highest BCUT2D eigenvalue weighted by Gasteiger charge is 2.37. The molecule has 0 spiro atoms. The Kier molecular flexibility index (Phi) is 4.72. The summed E-state index contributed by atoms with van der Waals surface area (Å²) in [5, 5.41) is 3.41. The van der Waals surface area contributed by atoms with Crippen LogP contribution < -0.4 is 11.1 Å². The van der Waals surface area contributed by atoms with E-state index in [1.165, 1.54) is 12.8 Å². The fourth-order valence-electron chi connectivity index (χ4n) is 2.87. The summed E-state index contributed by atoms with van der Waals surface area (Å²) in [6.45, 7) is 9.90. The largest absolute Gasteiger partial charge is 0.378 e. The van der Waals surface area contributed by atoms with E-state index >= 15 is 0 Å². The van der Waals surface area contributed by atoms with E-state index in [9.17, 15) is 4.79 Å². The summed E-state index contributed by atoms with van der Waals surface area (Å²) >= 11 is 0. The summed E-state index contributed by atoms with van der Waals surface area (Å²) in [6, 6.07) is 0.493. The number of amides is 1. The molecule has 2 aliphatic rings. The van der Waals surface area contributed by atoms with Crippen LogP contribution in [0.1, 0.15) is 46.5 Å². The SMILES string of the molecule is CC(CCCN1CCOCC1(C)C)(NC1CC1)C(N)=O. The monoisotopic (exact) mass is 283 g/mol. The van der Waals surface area contributed by atoms with Crippen LogP contribution in [0.4, 0.5) is 0 Å². The predicted octanol–water partition coefficient (Wildman–Crippen LogP) is 0.873. The van der Waals surface area contributed by atoms with E-state index < -0.39 is 5.54 Å². The quantitative estimate of drug-likeness (QED) is 0.727. The first-order valence-corrected chi connectivity index (χ1v) is 7.74. The van der Waals surface area contributed by atoms with Crippen molar-refractivity contribution in [1.29, 1.82) is 0 Å². The van der Waals surface area contributed by atoms with E-state index in [4.69, 9.17) is 10.5 Å². The highest BCUT2D eigenvalue weighted by atomic mass is 16.5. The Morgan fingerprint density at radius 3 is 2.75 bits per heavy atom. The molecule has 2 rings (SSSR count). The van der Waals surface area contributed by atoms with E-state index in [1.54, 1.807) is 0 Å². The van der Waals surface area contributed by atoms with Crippen molar-refractivity contribution in [2.24, 2.45) is 5.73 Å². The molecular weight excluding hydrogens is 254 g/mol. The van der Waals surface area contributed by atoms with Crippen LogP contribution in [0.5, 0.6) is 0 Å². The summed E-state index contributed by atoms with van der Waals surface area (Å²) in [6.07, 6.45) is 4.10. The number of nitrogens with one attached hydrogen (secondary N) is 1. The van der Waals surface area contributed by atoms with Gasteiger partial charge in [0.15, 0.2) is 0 Å². The van der Waals surface area contributed by atoms with Crippen molar-refractivity contribution in [3.8, 4) is 0 Å². The van der Waals surface area contributed by atoms with Crippen LogP contribution in [0.25, 0.3) is 0 Å². The number of carbonyl (C=O) groups excluding carboxylic acids is 1. The van der Waals surface area contributed by atoms with Gasteiger partial charge in [0.05, 0.1) is 18.8 Å². The summed E-state index contributed by atoms with van der Waals surface area (Å²) in [4.78, 5) is 14.2. The minimum absolute atomic E-state index is 0.0886. The summed E-state index contributed by atoms with van der Waals surface area (Å²) in [7, 11) is 0. The lowest BCUT2D eigenvalue weighted by Gasteiger charge is -2.42. The van der Waals surface area contributed by atoms with Gasteiger partial charge in [0.1, 0.15) is 0 Å². The fraction of sp³-hybridized carbons (Fsp3) is 0.933. The van der Waals surface area contributed by atoms with Gasteiger partial charge in [0.2, 0.25) is 5.91 Å². The maximum atomic E-state index is 11.7. The third-order valence-corrected chi connectivity index (χ3v) is 4.57. The summed E-state index contributed by atoms with van der Waals surface area (Å²) < 4.78 is 5.53. The lowest BCUT2D eigenvalue weighted by molar-refractivity contribution is -0.124. The van der Waals surface area contributed by atoms with Crippen LogP contribution in [-0.2, 0) is 9.53 Å². The maximum absolute atomic E-state index is 11.7. The van der Waals surface area contributed by atoms with Gasteiger partial charge in [-0.15, -0.1) is 0 Å². The minimum Gasteiger partial charge on any atom is -0.378 e. The number of carbonyl (C=O) groups is 1. The minimum atomic E-state index is -0.558. The Hall–Kier alpha value is -0.650. The van der Waals surface area contributed by atoms with E-state index in [-0.39, 0.29) is 11.4 Å². The van der Waals surface area contributed by atoms with Gasteiger partial charge in [0, 0.05) is 18.1 Å². The van der Waals surface area contributed by atoms with Gasteiger partial charge in [-0.25, -0.2) is 0 Å². The van der Waals surface area contributed by atoms with Crippen molar-refractivity contribution >= 4 is 5.91 Å². The summed E-state index contributed by atoms with van der Waals surface area (Å²) in [5.41, 5.74) is 5.12. The molecule has 20 heavy (non-hydrogen) atoms. The molecule has 2 fully saturated rings. The van der Waals surface area contributed by atoms with Crippen molar-refractivity contribution in [3.63, 3.8) is 0 Å². The van der Waals surface area contributed by atoms with Gasteiger partial charge in [-0.3, -0.25) is 9.69 Å². The highest BCUT2D eigenvalue weighted by molar-refractivity contribution is 5.84. The molecule has 1 atom stereocenters. The Morgan fingerprint density at radius 1 is 1.50 bits per heavy atom. The van der Waals surface area contributed by atoms with Gasteiger partial charge in [0.25, 0.3) is 0 Å². The maximum Gasteiger partial charge on any atom is 0.237 e. The van der Waals surface area contributed by atoms with Crippen molar-refractivity contribution < 1.29 is 9.53 Å². The molecule has 1 heterocycles. The molecule has 1 aliphatic heterocycles. The first kappa shape index (κ1) is 15.7. The zero-order chi connectivity index (χ0) is 14.8. The molecule has 0 aromatic heterocycles. The Balaban J connectivity index is 1.81. The molecule has 3 N–H and O–H groups in total. The van der Waals surface area contributed by atoms with Gasteiger partial charge >= 0.3 is 0 Å². The third kappa shape index (κ3) is 3.93. The molecule has 1 saturated carbocycles. The van der Waals surface area contributed by atoms with E-state index in [2.05, 4.69) is 24.1 Å². The van der Waals surface area contributed by atoms with Crippen LogP contribution in [-0.4, -0.2) is 54.2 Å². The topological polar surface area (TPSA) is 67.6 Å². The molecule has 1 aliphatic carbocycles. The number of rotatable bonds is 7. The number of morpholine rings is 1. The van der Waals surface area contributed by atoms with Gasteiger partial charge in [-0.2, -0.15) is 0 Å². The normalized spacial score (nSPS) is 26.1. The molecule has 5 heteroatoms. The number of hydrogen-bond acceptors (Lipinski definition) is 4. The average molecular weight is 283 g/mol. The average Bonchev–Trinajstić information content (AvgIpc) is 3.14. The Labute approximate surface area is 122 Å². The molecule has 116 valence electrons. The molecule has 0 radical (unpaired) electrons. The lowest BCUT2D eigenvalue weighted by Crippen LogP contribution is -2.55. The van der Waals surface area contributed by atoms with Crippen molar-refractivity contribution in [2.75, 3.05) is 26.3 Å². The second-order valence-electron chi connectivity index (χ2n) is 7.07. The molecule has 1 saturated heterocycles. The molecular formula is C15H29N3O2. The first-order valence-electron chi connectivity index (χ1n) is 7.74. The third-order valence-electron chi connectivity index (χ3n) is 4.57. The number of nitrogens with two attached hydrogens (primary N) is 1. The predicted molar refractivity (Wildman–Crippen MR) is 79.5 cm³/mol. The first-order chi connectivity index (χ1) is 9.33. The molecule has 0 bridgehead atoms. The highest BCUT2D eigenvalue weighted by Crippen LogP contribution is 2.25. The lowest BCUT2D eigenvalue weighted by atomic mass is 9.93. The standard InChI is InChI=1S/C15H29N3O2/c1-14(2)11-20-10-9-18(14)8-4-7-15(3,13(16)19)17-12-5-6-12/h12,17H,4-11H2,1-3H3,(H2,16,19). The van der Waals surface area contributed by atoms with Crippen LogP contribution >= 0.6 is 0 Å². The molecule has 1 amide bonds. The summed E-state index contributed by atoms with van der Waals surface area (Å²) in [5.74, 6) is -0.231. The Bertz CT molecular complexity index is 355. The Morgan fingerprint density at radius 2 is 2.20 bits per heavy atom. The van der Waals surface area contributed by atoms with Crippen LogP contribution in [0, 0.1) is 0 Å². The number of primary amides is 1.